The Hall–Kier alpha value is -7.14. The number of phenols is 1. The third-order valence-electron chi connectivity index (χ3n) is 9.95. The number of phenolic OH excluding ortho intramolecular Hbond substituents is 1. The molecule has 0 spiro atoms. The van der Waals surface area contributed by atoms with Crippen LogP contribution in [0.2, 0.25) is 0 Å². The predicted octanol–water partition coefficient (Wildman–Crippen LogP) is 8.56. The summed E-state index contributed by atoms with van der Waals surface area (Å²) in [5, 5.41) is 11.4. The first-order valence-corrected chi connectivity index (χ1v) is 17.4. The molecular formula is C41H14BF20NO2. The molecule has 0 radical (unpaired) electrons. The number of fused-ring (bicyclic) bond motifs is 1. The molecule has 6 aromatic carbocycles. The third-order valence-corrected chi connectivity index (χ3v) is 9.95. The Labute approximate surface area is 347 Å². The van der Waals surface area contributed by atoms with Gasteiger partial charge in [-0.15, -0.1) is 21.9 Å². The molecule has 0 bridgehead atoms. The first kappa shape index (κ1) is 47.3. The van der Waals surface area contributed by atoms with Gasteiger partial charge in [0.15, 0.2) is 82.2 Å². The highest BCUT2D eigenvalue weighted by Crippen LogP contribution is 2.31. The number of aromatic nitrogens is 1. The van der Waals surface area contributed by atoms with Crippen LogP contribution in [-0.2, 0) is 6.54 Å². The van der Waals surface area contributed by atoms with Gasteiger partial charge in [0.05, 0.1) is 0 Å². The quantitative estimate of drug-likeness (QED) is 0.0435. The monoisotopic (exact) mass is 943 g/mol. The van der Waals surface area contributed by atoms with Crippen LogP contribution in [-0.4, -0.2) is 17.0 Å². The summed E-state index contributed by atoms with van der Waals surface area (Å²) in [5.74, 6) is -71.1. The van der Waals surface area contributed by atoms with Gasteiger partial charge in [-0.2, -0.15) is 4.57 Å². The van der Waals surface area contributed by atoms with Gasteiger partial charge in [0.25, 0.3) is 0 Å². The summed E-state index contributed by atoms with van der Waals surface area (Å²) in [5.41, 5.74) is -13.6. The molecule has 0 unspecified atom stereocenters. The van der Waals surface area contributed by atoms with E-state index in [0.29, 0.717) is 5.56 Å². The fourth-order valence-electron chi connectivity index (χ4n) is 7.08. The summed E-state index contributed by atoms with van der Waals surface area (Å²) in [7, 11) is 0. The van der Waals surface area contributed by atoms with Crippen molar-refractivity contribution >= 4 is 44.6 Å². The van der Waals surface area contributed by atoms with Crippen molar-refractivity contribution in [3.05, 3.63) is 189 Å². The van der Waals surface area contributed by atoms with Crippen molar-refractivity contribution in [2.75, 3.05) is 0 Å². The lowest BCUT2D eigenvalue weighted by Crippen LogP contribution is -2.81. The van der Waals surface area contributed by atoms with Gasteiger partial charge in [-0.1, -0.05) is 36.4 Å². The van der Waals surface area contributed by atoms with E-state index in [0.717, 1.165) is 10.8 Å². The Morgan fingerprint density at radius 1 is 0.400 bits per heavy atom. The summed E-state index contributed by atoms with van der Waals surface area (Å²) in [6, 6.07) is 16.4. The highest BCUT2D eigenvalue weighted by molar-refractivity contribution is 7.20. The molecule has 3 nitrogen and oxygen atoms in total. The maximum absolute atomic E-state index is 15.4. The summed E-state index contributed by atoms with van der Waals surface area (Å²) in [4.78, 5) is 12.1. The maximum Gasteiger partial charge on any atom is 0.227 e. The molecule has 0 aliphatic heterocycles. The lowest BCUT2D eigenvalue weighted by Gasteiger charge is -2.44. The van der Waals surface area contributed by atoms with E-state index in [2.05, 4.69) is 0 Å². The van der Waals surface area contributed by atoms with Crippen LogP contribution in [0.3, 0.4) is 0 Å². The number of benzene rings is 6. The number of halogens is 20. The van der Waals surface area contributed by atoms with Crippen molar-refractivity contribution in [3.63, 3.8) is 0 Å². The zero-order valence-electron chi connectivity index (χ0n) is 31.0. The standard InChI is InChI=1S/C24BF20.C17H13NO2/c26-5-1(6(27)14(35)21(42)13(5)34)25(2-7(28)15(36)22(43)16(37)8(2)29,3-9(30)17(38)23(44)18(39)10(3)31)4-11(32)19(40)24(45)20(41)12(4)33;19-16-7-6-13-8-9-18(11-15(13)10-16)12-17(20)14-4-2-1-3-5-14/h;1-11H,12H2/q-1;/p+1. The van der Waals surface area contributed by atoms with E-state index in [1.54, 1.807) is 12.1 Å². The maximum atomic E-state index is 15.4. The molecule has 0 atom stereocenters. The van der Waals surface area contributed by atoms with E-state index in [1.165, 1.54) is 0 Å². The molecule has 338 valence electrons. The molecule has 0 amide bonds. The van der Waals surface area contributed by atoms with Gasteiger partial charge in [0, 0.05) is 17.0 Å². The normalized spacial score (nSPS) is 11.6. The van der Waals surface area contributed by atoms with Crippen LogP contribution < -0.4 is 26.4 Å². The van der Waals surface area contributed by atoms with E-state index in [1.807, 2.05) is 59.4 Å². The van der Waals surface area contributed by atoms with Crippen molar-refractivity contribution in [1.29, 1.82) is 0 Å². The minimum atomic E-state index is -7.22. The Bertz CT molecular complexity index is 2730. The smallest absolute Gasteiger partial charge is 0.227 e. The summed E-state index contributed by atoms with van der Waals surface area (Å²) >= 11 is 0. The van der Waals surface area contributed by atoms with E-state index < -0.39 is 144 Å². The second-order valence-electron chi connectivity index (χ2n) is 13.5. The molecule has 1 N–H and O–H groups in total. The Kier molecular flexibility index (Phi) is 12.7. The van der Waals surface area contributed by atoms with Gasteiger partial charge in [0.1, 0.15) is 58.4 Å². The second kappa shape index (κ2) is 17.4. The summed E-state index contributed by atoms with van der Waals surface area (Å²) in [6.07, 6.45) is -3.47. The Balaban J connectivity index is 0.000000289. The topological polar surface area (TPSA) is 41.2 Å². The van der Waals surface area contributed by atoms with Crippen LogP contribution in [0.5, 0.6) is 5.75 Å². The largest absolute Gasteiger partial charge is 0.508 e. The number of hydrogen-bond donors (Lipinski definition) is 1. The number of Topliss-reactive ketones (excluding diaryl/α,β-unsaturated/α-hetero) is 1. The first-order valence-electron chi connectivity index (χ1n) is 17.4. The molecule has 7 aromatic rings. The van der Waals surface area contributed by atoms with Crippen molar-refractivity contribution in [3.8, 4) is 5.75 Å². The van der Waals surface area contributed by atoms with Crippen LogP contribution in [0, 0.1) is 116 Å². The molecule has 0 fully saturated rings. The van der Waals surface area contributed by atoms with Crippen LogP contribution in [0.15, 0.2) is 67.0 Å². The molecule has 65 heavy (non-hydrogen) atoms. The number of pyridine rings is 1. The Morgan fingerprint density at radius 3 is 1.03 bits per heavy atom. The average molecular weight is 943 g/mol. The van der Waals surface area contributed by atoms with Crippen molar-refractivity contribution in [1.82, 2.24) is 0 Å². The molecule has 0 saturated heterocycles. The molecule has 0 aliphatic carbocycles. The number of carbonyl (C=O) groups is 1. The molecule has 1 heterocycles. The molecular weight excluding hydrogens is 929 g/mol. The molecule has 7 rings (SSSR count). The van der Waals surface area contributed by atoms with E-state index in [9.17, 15) is 62.6 Å². The number of aromatic hydroxyl groups is 1. The highest BCUT2D eigenvalue weighted by atomic mass is 19.2. The van der Waals surface area contributed by atoms with Gasteiger partial charge < -0.3 is 5.11 Å². The fraction of sp³-hybridized carbons (Fsp3) is 0.0244. The van der Waals surface area contributed by atoms with E-state index >= 15 is 35.1 Å². The lowest BCUT2D eigenvalue weighted by atomic mass is 9.12. The number of nitrogens with zero attached hydrogens (tertiary/aromatic N) is 1. The van der Waals surface area contributed by atoms with Gasteiger partial charge in [0.2, 0.25) is 12.3 Å². The summed E-state index contributed by atoms with van der Waals surface area (Å²) in [6.45, 7) is 0.287. The molecule has 1 aromatic heterocycles. The highest BCUT2D eigenvalue weighted by Gasteiger charge is 2.52. The molecule has 0 saturated carbocycles. The lowest BCUT2D eigenvalue weighted by molar-refractivity contribution is -0.681. The fourth-order valence-corrected chi connectivity index (χ4v) is 7.08. The van der Waals surface area contributed by atoms with Gasteiger partial charge in [-0.3, -0.25) is 4.79 Å². The number of ketones is 1. The molecule has 0 aliphatic rings. The van der Waals surface area contributed by atoms with Crippen LogP contribution >= 0.6 is 0 Å². The van der Waals surface area contributed by atoms with Crippen molar-refractivity contribution < 1.29 is 102 Å². The average Bonchev–Trinajstić information content (AvgIpc) is 3.29. The van der Waals surface area contributed by atoms with Gasteiger partial charge in [-0.25, -0.2) is 87.8 Å². The first-order chi connectivity index (χ1) is 30.4. The zero-order chi connectivity index (χ0) is 48.3. The number of carbonyl (C=O) groups excluding carboxylic acids is 1. The third kappa shape index (κ3) is 7.52. The summed E-state index contributed by atoms with van der Waals surface area (Å²) < 4.78 is 296. The predicted molar refractivity (Wildman–Crippen MR) is 186 cm³/mol. The minimum Gasteiger partial charge on any atom is -0.508 e. The molecule has 24 heteroatoms. The van der Waals surface area contributed by atoms with Crippen LogP contribution in [0.25, 0.3) is 10.8 Å². The number of hydrogen-bond acceptors (Lipinski definition) is 2. The van der Waals surface area contributed by atoms with Gasteiger partial charge >= 0.3 is 0 Å². The van der Waals surface area contributed by atoms with E-state index in [4.69, 9.17) is 0 Å². The SMILES string of the molecule is Fc1c(F)c(F)c([B-](c2c(F)c(F)c(F)c(F)c2F)(c2c(F)c(F)c(F)c(F)c2F)c2c(F)c(F)c(F)c(F)c2F)c(F)c1F.O=C(C[n+]1ccc2ccc(O)cc2c1)c1ccccc1. The van der Waals surface area contributed by atoms with Crippen LogP contribution in [0.1, 0.15) is 10.4 Å². The second-order valence-corrected chi connectivity index (χ2v) is 13.5. The number of rotatable bonds is 7. The minimum absolute atomic E-state index is 0.0649. The Morgan fingerprint density at radius 2 is 0.708 bits per heavy atom. The van der Waals surface area contributed by atoms with Crippen molar-refractivity contribution in [2.45, 2.75) is 6.54 Å². The van der Waals surface area contributed by atoms with Crippen molar-refractivity contribution in [2.24, 2.45) is 0 Å². The van der Waals surface area contributed by atoms with E-state index in [-0.39, 0.29) is 18.1 Å². The zero-order valence-corrected chi connectivity index (χ0v) is 31.0. The van der Waals surface area contributed by atoms with Gasteiger partial charge in [-0.05, 0) is 17.5 Å². The van der Waals surface area contributed by atoms with Crippen LogP contribution in [0.4, 0.5) is 87.8 Å².